The van der Waals surface area contributed by atoms with Crippen LogP contribution in [-0.4, -0.2) is 5.78 Å². The molecule has 0 bridgehead atoms. The maximum Gasteiger partial charge on any atom is 0.187 e. The lowest BCUT2D eigenvalue weighted by atomic mass is 10.1. The first-order chi connectivity index (χ1) is 8.56. The molecule has 0 radical (unpaired) electrons. The van der Waals surface area contributed by atoms with Gasteiger partial charge in [-0.1, -0.05) is 23.2 Å². The zero-order chi connectivity index (χ0) is 13.1. The summed E-state index contributed by atoms with van der Waals surface area (Å²) in [6.45, 7) is 2.03. The number of hydrogen-bond acceptors (Lipinski definition) is 2. The number of carbonyl (C=O) groups is 1. The Bertz CT molecular complexity index is 614. The third-order valence-corrected chi connectivity index (χ3v) is 3.88. The van der Waals surface area contributed by atoms with Crippen LogP contribution in [0.3, 0.4) is 0 Å². The van der Waals surface area contributed by atoms with Crippen molar-refractivity contribution in [3.63, 3.8) is 0 Å². The van der Waals surface area contributed by atoms with Crippen molar-refractivity contribution in [2.75, 3.05) is 0 Å². The molecule has 0 aliphatic carbocycles. The Morgan fingerprint density at radius 1 is 1.22 bits per heavy atom. The van der Waals surface area contributed by atoms with Crippen LogP contribution in [0.2, 0.25) is 10.0 Å². The number of rotatable bonds is 3. The fourth-order valence-electron chi connectivity index (χ4n) is 1.48. The van der Waals surface area contributed by atoms with E-state index in [1.54, 1.807) is 35.6 Å². The monoisotopic (exact) mass is 296 g/mol. The zero-order valence-electron chi connectivity index (χ0n) is 9.61. The van der Waals surface area contributed by atoms with Crippen LogP contribution in [-0.2, 0) is 0 Å². The number of halogens is 2. The van der Waals surface area contributed by atoms with E-state index in [4.69, 9.17) is 23.2 Å². The predicted molar refractivity (Wildman–Crippen MR) is 78.9 cm³/mol. The molecule has 0 aliphatic heterocycles. The van der Waals surface area contributed by atoms with Crippen molar-refractivity contribution in [2.24, 2.45) is 0 Å². The molecule has 1 nitrogen and oxygen atoms in total. The van der Waals surface area contributed by atoms with E-state index in [0.717, 1.165) is 4.88 Å². The van der Waals surface area contributed by atoms with Crippen molar-refractivity contribution in [3.05, 3.63) is 61.8 Å². The number of allylic oxidation sites excluding steroid dienone is 1. The van der Waals surface area contributed by atoms with Gasteiger partial charge in [0.25, 0.3) is 0 Å². The van der Waals surface area contributed by atoms with Gasteiger partial charge in [0.15, 0.2) is 5.78 Å². The van der Waals surface area contributed by atoms with E-state index >= 15 is 0 Å². The largest absolute Gasteiger partial charge is 0.289 e. The molecule has 0 unspecified atom stereocenters. The molecule has 4 heteroatoms. The van der Waals surface area contributed by atoms with Gasteiger partial charge in [0.05, 0.1) is 5.02 Å². The fourth-order valence-corrected chi connectivity index (χ4v) is 2.64. The van der Waals surface area contributed by atoms with Crippen LogP contribution in [0, 0.1) is 6.92 Å². The molecule has 0 saturated carbocycles. The van der Waals surface area contributed by atoms with Crippen LogP contribution in [0.5, 0.6) is 0 Å². The molecule has 0 amide bonds. The molecule has 0 atom stereocenters. The van der Waals surface area contributed by atoms with Crippen LogP contribution in [0.1, 0.15) is 20.1 Å². The molecule has 0 fully saturated rings. The SMILES string of the molecule is Cc1ccc(C=CC(=O)c2cc(Cl)ccc2Cl)s1. The van der Waals surface area contributed by atoms with Crippen molar-refractivity contribution in [1.29, 1.82) is 0 Å². The Balaban J connectivity index is 2.22. The molecule has 1 aromatic carbocycles. The summed E-state index contributed by atoms with van der Waals surface area (Å²) in [6.07, 6.45) is 3.31. The highest BCUT2D eigenvalue weighted by Crippen LogP contribution is 2.22. The van der Waals surface area contributed by atoms with Gasteiger partial charge in [-0.25, -0.2) is 0 Å². The average Bonchev–Trinajstić information content (AvgIpc) is 2.75. The van der Waals surface area contributed by atoms with Crippen molar-refractivity contribution in [2.45, 2.75) is 6.92 Å². The minimum atomic E-state index is -0.145. The number of hydrogen-bond donors (Lipinski definition) is 0. The summed E-state index contributed by atoms with van der Waals surface area (Å²) in [6, 6.07) is 8.86. The highest BCUT2D eigenvalue weighted by molar-refractivity contribution is 7.12. The van der Waals surface area contributed by atoms with Crippen LogP contribution in [0.25, 0.3) is 6.08 Å². The van der Waals surface area contributed by atoms with E-state index in [1.807, 2.05) is 19.1 Å². The second-order valence-electron chi connectivity index (χ2n) is 3.77. The third-order valence-electron chi connectivity index (χ3n) is 2.35. The minimum absolute atomic E-state index is 0.145. The number of thiophene rings is 1. The highest BCUT2D eigenvalue weighted by Gasteiger charge is 2.08. The number of carbonyl (C=O) groups excluding carboxylic acids is 1. The van der Waals surface area contributed by atoms with Crippen molar-refractivity contribution in [1.82, 2.24) is 0 Å². The quantitative estimate of drug-likeness (QED) is 0.558. The van der Waals surface area contributed by atoms with Crippen LogP contribution >= 0.6 is 34.5 Å². The second-order valence-corrected chi connectivity index (χ2v) is 5.93. The van der Waals surface area contributed by atoms with E-state index in [2.05, 4.69) is 0 Å². The Labute approximate surface area is 120 Å². The van der Waals surface area contributed by atoms with Gasteiger partial charge in [0.2, 0.25) is 0 Å². The first-order valence-corrected chi connectivity index (χ1v) is 6.87. The summed E-state index contributed by atoms with van der Waals surface area (Å²) in [5.41, 5.74) is 0.425. The molecule has 2 aromatic rings. The van der Waals surface area contributed by atoms with Gasteiger partial charge in [0.1, 0.15) is 0 Å². The lowest BCUT2D eigenvalue weighted by molar-refractivity contribution is 0.104. The summed E-state index contributed by atoms with van der Waals surface area (Å²) in [5.74, 6) is -0.145. The summed E-state index contributed by atoms with van der Waals surface area (Å²) < 4.78 is 0. The van der Waals surface area contributed by atoms with E-state index < -0.39 is 0 Å². The van der Waals surface area contributed by atoms with Crippen molar-refractivity contribution in [3.8, 4) is 0 Å². The summed E-state index contributed by atoms with van der Waals surface area (Å²) in [5, 5.41) is 0.916. The maximum atomic E-state index is 12.0. The number of benzene rings is 1. The minimum Gasteiger partial charge on any atom is -0.289 e. The highest BCUT2D eigenvalue weighted by atomic mass is 35.5. The number of ketones is 1. The normalized spacial score (nSPS) is 11.1. The first kappa shape index (κ1) is 13.3. The van der Waals surface area contributed by atoms with Gasteiger partial charge in [-0.2, -0.15) is 0 Å². The Morgan fingerprint density at radius 2 is 2.00 bits per heavy atom. The molecule has 2 rings (SSSR count). The van der Waals surface area contributed by atoms with Gasteiger partial charge in [-0.3, -0.25) is 4.79 Å². The van der Waals surface area contributed by atoms with E-state index in [0.29, 0.717) is 15.6 Å². The zero-order valence-corrected chi connectivity index (χ0v) is 11.9. The smallest absolute Gasteiger partial charge is 0.187 e. The van der Waals surface area contributed by atoms with Gasteiger partial charge >= 0.3 is 0 Å². The maximum absolute atomic E-state index is 12.0. The first-order valence-electron chi connectivity index (χ1n) is 5.30. The molecule has 0 aliphatic rings. The van der Waals surface area contributed by atoms with Crippen LogP contribution in [0.15, 0.2) is 36.4 Å². The molecule has 0 spiro atoms. The molecular formula is C14H10Cl2OS. The fraction of sp³-hybridized carbons (Fsp3) is 0.0714. The van der Waals surface area contributed by atoms with Gasteiger partial charge in [0, 0.05) is 20.3 Å². The molecule has 1 aromatic heterocycles. The van der Waals surface area contributed by atoms with Gasteiger partial charge in [-0.15, -0.1) is 11.3 Å². The molecular weight excluding hydrogens is 287 g/mol. The lowest BCUT2D eigenvalue weighted by Gasteiger charge is -2.00. The summed E-state index contributed by atoms with van der Waals surface area (Å²) in [4.78, 5) is 14.2. The van der Waals surface area contributed by atoms with Gasteiger partial charge < -0.3 is 0 Å². The standard InChI is InChI=1S/C14H10Cl2OS/c1-9-2-4-11(18-9)5-7-14(17)12-8-10(15)3-6-13(12)16/h2-8H,1H3. The van der Waals surface area contributed by atoms with E-state index in [9.17, 15) is 4.79 Å². The molecule has 1 heterocycles. The van der Waals surface area contributed by atoms with E-state index in [-0.39, 0.29) is 5.78 Å². The topological polar surface area (TPSA) is 17.1 Å². The Hall–Kier alpha value is -1.09. The molecule has 0 N–H and O–H groups in total. The Morgan fingerprint density at radius 3 is 2.67 bits per heavy atom. The van der Waals surface area contributed by atoms with E-state index in [1.165, 1.54) is 11.0 Å². The van der Waals surface area contributed by atoms with Crippen LogP contribution in [0.4, 0.5) is 0 Å². The average molecular weight is 297 g/mol. The molecule has 92 valence electrons. The predicted octanol–water partition coefficient (Wildman–Crippen LogP) is 5.26. The van der Waals surface area contributed by atoms with Gasteiger partial charge in [-0.05, 0) is 49.4 Å². The van der Waals surface area contributed by atoms with Crippen molar-refractivity contribution >= 4 is 46.4 Å². The second kappa shape index (κ2) is 5.70. The molecule has 18 heavy (non-hydrogen) atoms. The molecule has 0 saturated heterocycles. The third kappa shape index (κ3) is 3.22. The lowest BCUT2D eigenvalue weighted by Crippen LogP contribution is -1.95. The summed E-state index contributed by atoms with van der Waals surface area (Å²) in [7, 11) is 0. The summed E-state index contributed by atoms with van der Waals surface area (Å²) >= 11 is 13.4. The van der Waals surface area contributed by atoms with Crippen LogP contribution < -0.4 is 0 Å². The Kier molecular flexibility index (Phi) is 4.23. The van der Waals surface area contributed by atoms with Crippen molar-refractivity contribution < 1.29 is 4.79 Å². The number of aryl methyl sites for hydroxylation is 1.